The molecule has 0 bridgehead atoms. The normalized spacial score (nSPS) is 14.8. The van der Waals surface area contributed by atoms with Crippen LogP contribution in [0.15, 0.2) is 76.8 Å². The van der Waals surface area contributed by atoms with E-state index >= 15 is 0 Å². The third-order valence-corrected chi connectivity index (χ3v) is 6.35. The van der Waals surface area contributed by atoms with Crippen molar-refractivity contribution < 1.29 is 23.9 Å². The molecule has 7 nitrogen and oxygen atoms in total. The van der Waals surface area contributed by atoms with Gasteiger partial charge in [0.15, 0.2) is 0 Å². The van der Waals surface area contributed by atoms with Gasteiger partial charge in [-0.05, 0) is 42.3 Å². The molecule has 0 spiro atoms. The van der Waals surface area contributed by atoms with Gasteiger partial charge in [-0.1, -0.05) is 59.3 Å². The van der Waals surface area contributed by atoms with Crippen LogP contribution in [0.5, 0.6) is 11.5 Å². The van der Waals surface area contributed by atoms with Gasteiger partial charge in [0.2, 0.25) is 0 Å². The van der Waals surface area contributed by atoms with Crippen molar-refractivity contribution in [1.82, 2.24) is 5.32 Å². The smallest absolute Gasteiger partial charge is 0.335 e. The predicted molar refractivity (Wildman–Crippen MR) is 136 cm³/mol. The van der Waals surface area contributed by atoms with Crippen molar-refractivity contribution in [2.45, 2.75) is 20.0 Å². The van der Waals surface area contributed by atoms with Gasteiger partial charge in [-0.3, -0.25) is 14.9 Å². The van der Waals surface area contributed by atoms with E-state index in [1.165, 1.54) is 13.2 Å². The second-order valence-electron chi connectivity index (χ2n) is 7.72. The average molecular weight is 535 g/mol. The van der Waals surface area contributed by atoms with Crippen molar-refractivity contribution in [3.05, 3.63) is 93.5 Å². The highest BCUT2D eigenvalue weighted by atomic mass is 79.9. The topological polar surface area (TPSA) is 84.9 Å². The van der Waals surface area contributed by atoms with Crippen LogP contribution in [-0.4, -0.2) is 25.0 Å². The number of anilines is 1. The summed E-state index contributed by atoms with van der Waals surface area (Å²) in [6.45, 7) is 2.18. The third kappa shape index (κ3) is 5.12. The van der Waals surface area contributed by atoms with Gasteiger partial charge in [0, 0.05) is 21.7 Å². The number of hydrogen-bond acceptors (Lipinski definition) is 5. The maximum Gasteiger partial charge on any atom is 0.335 e. The molecule has 3 aromatic carbocycles. The lowest BCUT2D eigenvalue weighted by atomic mass is 10.0. The zero-order valence-electron chi connectivity index (χ0n) is 19.2. The predicted octanol–water partition coefficient (Wildman–Crippen LogP) is 5.27. The Balaban J connectivity index is 1.71. The molecule has 1 heterocycles. The van der Waals surface area contributed by atoms with Crippen LogP contribution in [-0.2, 0) is 22.6 Å². The summed E-state index contributed by atoms with van der Waals surface area (Å²) in [6, 6.07) is 19.1. The monoisotopic (exact) mass is 534 g/mol. The van der Waals surface area contributed by atoms with E-state index in [9.17, 15) is 14.4 Å². The Morgan fingerprint density at radius 1 is 0.971 bits per heavy atom. The molecule has 0 radical (unpaired) electrons. The number of rotatable bonds is 7. The number of hydrogen-bond donors (Lipinski definition) is 1. The number of barbiturate groups is 1. The van der Waals surface area contributed by atoms with Gasteiger partial charge in [0.1, 0.15) is 23.7 Å². The molecule has 0 saturated carbocycles. The van der Waals surface area contributed by atoms with Gasteiger partial charge in [-0.2, -0.15) is 0 Å². The summed E-state index contributed by atoms with van der Waals surface area (Å²) in [5.74, 6) is -0.488. The summed E-state index contributed by atoms with van der Waals surface area (Å²) in [7, 11) is 1.54. The minimum absolute atomic E-state index is 0.175. The number of methoxy groups -OCH3 is 1. The molecule has 1 aliphatic rings. The Morgan fingerprint density at radius 3 is 2.40 bits per heavy atom. The number of ether oxygens (including phenoxy) is 2. The van der Waals surface area contributed by atoms with Crippen LogP contribution in [0.4, 0.5) is 10.5 Å². The molecule has 0 aliphatic carbocycles. The molecule has 1 N–H and O–H groups in total. The number of benzene rings is 3. The van der Waals surface area contributed by atoms with Gasteiger partial charge in [-0.25, -0.2) is 9.69 Å². The van der Waals surface area contributed by atoms with Gasteiger partial charge >= 0.3 is 6.03 Å². The quantitative estimate of drug-likeness (QED) is 0.330. The summed E-state index contributed by atoms with van der Waals surface area (Å²) >= 11 is 3.51. The number of carbonyl (C=O) groups excluding carboxylic acids is 3. The van der Waals surface area contributed by atoms with Gasteiger partial charge in [0.25, 0.3) is 11.8 Å². The maximum absolute atomic E-state index is 13.4. The van der Waals surface area contributed by atoms with Crippen molar-refractivity contribution in [2.24, 2.45) is 0 Å². The number of nitrogens with one attached hydrogen (secondary N) is 1. The Labute approximate surface area is 211 Å². The van der Waals surface area contributed by atoms with Crippen molar-refractivity contribution in [2.75, 3.05) is 12.0 Å². The lowest BCUT2D eigenvalue weighted by Crippen LogP contribution is -2.54. The first-order valence-corrected chi connectivity index (χ1v) is 11.8. The summed E-state index contributed by atoms with van der Waals surface area (Å²) < 4.78 is 12.3. The van der Waals surface area contributed by atoms with Crippen LogP contribution in [0, 0.1) is 0 Å². The number of nitrogens with zero attached hydrogens (tertiary/aromatic N) is 1. The molecule has 1 fully saturated rings. The fourth-order valence-corrected chi connectivity index (χ4v) is 4.12. The molecular formula is C27H23BrN2O5. The van der Waals surface area contributed by atoms with Crippen LogP contribution in [0.1, 0.15) is 23.6 Å². The number of carbonyl (C=O) groups is 3. The molecule has 8 heteroatoms. The number of aryl methyl sites for hydroxylation is 1. The average Bonchev–Trinajstić information content (AvgIpc) is 2.86. The molecule has 0 atom stereocenters. The number of imide groups is 2. The summed E-state index contributed by atoms with van der Waals surface area (Å²) in [6.07, 6.45) is 2.05. The third-order valence-electron chi connectivity index (χ3n) is 5.58. The van der Waals surface area contributed by atoms with E-state index in [0.29, 0.717) is 29.2 Å². The van der Waals surface area contributed by atoms with E-state index in [-0.39, 0.29) is 12.2 Å². The molecule has 4 amide bonds. The number of halogens is 1. The van der Waals surface area contributed by atoms with Gasteiger partial charge < -0.3 is 9.47 Å². The molecular weight excluding hydrogens is 512 g/mol. The van der Waals surface area contributed by atoms with Crippen LogP contribution in [0.2, 0.25) is 0 Å². The summed E-state index contributed by atoms with van der Waals surface area (Å²) in [5, 5.41) is 2.27. The van der Waals surface area contributed by atoms with E-state index in [1.807, 2.05) is 43.3 Å². The van der Waals surface area contributed by atoms with E-state index in [1.54, 1.807) is 30.3 Å². The largest absolute Gasteiger partial charge is 0.497 e. The molecule has 0 aromatic heterocycles. The van der Waals surface area contributed by atoms with Crippen LogP contribution < -0.4 is 19.7 Å². The molecule has 1 saturated heterocycles. The molecule has 0 unspecified atom stereocenters. The first-order chi connectivity index (χ1) is 16.9. The lowest BCUT2D eigenvalue weighted by Gasteiger charge is -2.28. The van der Waals surface area contributed by atoms with Gasteiger partial charge in [-0.15, -0.1) is 0 Å². The second kappa shape index (κ2) is 10.6. The first kappa shape index (κ1) is 24.2. The number of amides is 4. The Hall–Kier alpha value is -3.91. The minimum Gasteiger partial charge on any atom is -0.497 e. The standard InChI is InChI=1S/C27H23BrN2O5/c1-3-17-8-5-7-11-23(17)30-26(32)21(25(31)29-27(30)33)14-18-12-13-20(34-2)15-24(18)35-16-19-9-4-6-10-22(19)28/h4-15H,3,16H2,1-2H3,(H,29,31,33)/b21-14-. The van der Waals surface area contributed by atoms with E-state index in [0.717, 1.165) is 20.5 Å². The Bertz CT molecular complexity index is 1330. The van der Waals surface area contributed by atoms with Crippen molar-refractivity contribution in [3.63, 3.8) is 0 Å². The highest BCUT2D eigenvalue weighted by Gasteiger charge is 2.37. The van der Waals surface area contributed by atoms with Gasteiger partial charge in [0.05, 0.1) is 12.8 Å². The highest BCUT2D eigenvalue weighted by molar-refractivity contribution is 9.10. The fraction of sp³-hybridized carbons (Fsp3) is 0.148. The van der Waals surface area contributed by atoms with Crippen molar-refractivity contribution >= 4 is 45.5 Å². The maximum atomic E-state index is 13.4. The Kier molecular flexibility index (Phi) is 7.31. The van der Waals surface area contributed by atoms with Crippen LogP contribution in [0.3, 0.4) is 0 Å². The van der Waals surface area contributed by atoms with Crippen LogP contribution >= 0.6 is 15.9 Å². The van der Waals surface area contributed by atoms with Crippen molar-refractivity contribution in [3.8, 4) is 11.5 Å². The minimum atomic E-state index is -0.779. The number of para-hydroxylation sites is 1. The molecule has 1 aliphatic heterocycles. The number of urea groups is 1. The van der Waals surface area contributed by atoms with E-state index < -0.39 is 17.8 Å². The Morgan fingerprint density at radius 2 is 1.69 bits per heavy atom. The fourth-order valence-electron chi connectivity index (χ4n) is 3.72. The van der Waals surface area contributed by atoms with E-state index in [2.05, 4.69) is 21.2 Å². The highest BCUT2D eigenvalue weighted by Crippen LogP contribution is 2.31. The van der Waals surface area contributed by atoms with Crippen molar-refractivity contribution in [1.29, 1.82) is 0 Å². The molecule has 178 valence electrons. The summed E-state index contributed by atoms with van der Waals surface area (Å²) in [5.41, 5.74) is 2.50. The molecule has 35 heavy (non-hydrogen) atoms. The second-order valence-corrected chi connectivity index (χ2v) is 8.58. The molecule has 3 aromatic rings. The van der Waals surface area contributed by atoms with E-state index in [4.69, 9.17) is 9.47 Å². The summed E-state index contributed by atoms with van der Waals surface area (Å²) in [4.78, 5) is 39.7. The zero-order chi connectivity index (χ0) is 24.9. The van der Waals surface area contributed by atoms with Crippen LogP contribution in [0.25, 0.3) is 6.08 Å². The lowest BCUT2D eigenvalue weighted by molar-refractivity contribution is -0.122. The molecule has 4 rings (SSSR count). The zero-order valence-corrected chi connectivity index (χ0v) is 20.8. The SMILES string of the molecule is CCc1ccccc1N1C(=O)NC(=O)/C(=C/c2ccc(OC)cc2OCc2ccccc2Br)C1=O. The first-order valence-electron chi connectivity index (χ1n) is 11.0.